The number of nitrogens with two attached hydrogens (primary N) is 1. The van der Waals surface area contributed by atoms with Crippen molar-refractivity contribution < 1.29 is 18.0 Å². The van der Waals surface area contributed by atoms with Crippen LogP contribution in [-0.4, -0.2) is 18.5 Å². The predicted octanol–water partition coefficient (Wildman–Crippen LogP) is 2.94. The first-order valence-electron chi connectivity index (χ1n) is 5.67. The monoisotopic (exact) mass is 338 g/mol. The molecule has 1 aromatic rings. The molecule has 0 aliphatic heterocycles. The molecular formula is C12H14BrF3N2O. The van der Waals surface area contributed by atoms with Crippen LogP contribution in [0.1, 0.15) is 29.3 Å². The van der Waals surface area contributed by atoms with Crippen LogP contribution in [0.4, 0.5) is 13.2 Å². The summed E-state index contributed by atoms with van der Waals surface area (Å²) in [6.45, 7) is 2.07. The molecule has 3 N–H and O–H groups in total. The molecule has 19 heavy (non-hydrogen) atoms. The Morgan fingerprint density at radius 1 is 1.47 bits per heavy atom. The first kappa shape index (κ1) is 16.0. The Kier molecular flexibility index (Phi) is 5.37. The maximum Gasteiger partial charge on any atom is 0.417 e. The number of amides is 1. The van der Waals surface area contributed by atoms with E-state index in [9.17, 15) is 18.0 Å². The number of alkyl halides is 3. The maximum absolute atomic E-state index is 12.7. The normalized spacial score (nSPS) is 13.2. The molecule has 106 valence electrons. The molecule has 0 saturated heterocycles. The van der Waals surface area contributed by atoms with Gasteiger partial charge in [0.15, 0.2) is 0 Å². The Bertz CT molecular complexity index is 459. The van der Waals surface area contributed by atoms with Gasteiger partial charge < -0.3 is 11.1 Å². The highest BCUT2D eigenvalue weighted by atomic mass is 79.9. The molecule has 0 radical (unpaired) electrons. The summed E-state index contributed by atoms with van der Waals surface area (Å²) in [6, 6.07) is 3.12. The van der Waals surface area contributed by atoms with Gasteiger partial charge in [-0.15, -0.1) is 0 Å². The van der Waals surface area contributed by atoms with E-state index in [1.807, 2.05) is 6.92 Å². The Morgan fingerprint density at radius 3 is 2.58 bits per heavy atom. The lowest BCUT2D eigenvalue weighted by Gasteiger charge is -2.16. The first-order valence-corrected chi connectivity index (χ1v) is 6.46. The van der Waals surface area contributed by atoms with E-state index in [-0.39, 0.29) is 22.6 Å². The smallest absolute Gasteiger partial charge is 0.348 e. The molecule has 1 rings (SSSR count). The molecule has 0 aliphatic rings. The minimum absolute atomic E-state index is 0.0394. The van der Waals surface area contributed by atoms with Crippen LogP contribution in [0.2, 0.25) is 0 Å². The average molecular weight is 339 g/mol. The molecule has 3 nitrogen and oxygen atoms in total. The zero-order valence-electron chi connectivity index (χ0n) is 10.2. The van der Waals surface area contributed by atoms with Crippen molar-refractivity contribution >= 4 is 21.8 Å². The fraction of sp³-hybridized carbons (Fsp3) is 0.417. The lowest BCUT2D eigenvalue weighted by atomic mass is 10.1. The van der Waals surface area contributed by atoms with E-state index in [1.54, 1.807) is 0 Å². The number of hydrogen-bond acceptors (Lipinski definition) is 2. The van der Waals surface area contributed by atoms with Crippen LogP contribution < -0.4 is 11.1 Å². The van der Waals surface area contributed by atoms with Crippen LogP contribution in [0, 0.1) is 0 Å². The van der Waals surface area contributed by atoms with E-state index in [1.165, 1.54) is 12.1 Å². The van der Waals surface area contributed by atoms with Crippen LogP contribution in [0.5, 0.6) is 0 Å². The first-order chi connectivity index (χ1) is 8.79. The van der Waals surface area contributed by atoms with Crippen LogP contribution in [0.25, 0.3) is 0 Å². The third-order valence-electron chi connectivity index (χ3n) is 2.65. The number of hydrogen-bond donors (Lipinski definition) is 2. The maximum atomic E-state index is 12.7. The molecule has 1 unspecified atom stereocenters. The van der Waals surface area contributed by atoms with Crippen molar-refractivity contribution in [3.05, 3.63) is 33.8 Å². The highest BCUT2D eigenvalue weighted by molar-refractivity contribution is 9.10. The lowest BCUT2D eigenvalue weighted by Crippen LogP contribution is -2.39. The Balaban J connectivity index is 2.99. The standard InChI is InChI=1S/C12H14BrF3N2O/c1-2-8(6-17)18-11(19)7-3-4-10(13)9(5-7)12(14,15)16/h3-5,8H,2,6,17H2,1H3,(H,18,19). The van der Waals surface area contributed by atoms with E-state index in [0.29, 0.717) is 6.42 Å². The highest BCUT2D eigenvalue weighted by Crippen LogP contribution is 2.35. The molecule has 1 aromatic carbocycles. The van der Waals surface area contributed by atoms with Crippen LogP contribution in [-0.2, 0) is 6.18 Å². The summed E-state index contributed by atoms with van der Waals surface area (Å²) < 4.78 is 38.0. The van der Waals surface area contributed by atoms with Gasteiger partial charge in [0.2, 0.25) is 0 Å². The molecule has 1 amide bonds. The van der Waals surface area contributed by atoms with Gasteiger partial charge in [-0.3, -0.25) is 4.79 Å². The third-order valence-corrected chi connectivity index (χ3v) is 3.34. The summed E-state index contributed by atoms with van der Waals surface area (Å²) in [6.07, 6.45) is -3.89. The number of carbonyl (C=O) groups excluding carboxylic acids is 1. The van der Waals surface area contributed by atoms with Crippen LogP contribution in [0.3, 0.4) is 0 Å². The second kappa shape index (κ2) is 6.38. The van der Waals surface area contributed by atoms with Gasteiger partial charge in [0.05, 0.1) is 5.56 Å². The summed E-state index contributed by atoms with van der Waals surface area (Å²) in [5.41, 5.74) is 4.52. The molecular weight excluding hydrogens is 325 g/mol. The molecule has 0 spiro atoms. The summed E-state index contributed by atoms with van der Waals surface area (Å²) in [4.78, 5) is 11.8. The number of halogens is 4. The van der Waals surface area contributed by atoms with Crippen molar-refractivity contribution in [3.63, 3.8) is 0 Å². The Labute approximate surface area is 117 Å². The van der Waals surface area contributed by atoms with Gasteiger partial charge in [-0.05, 0) is 24.6 Å². The van der Waals surface area contributed by atoms with E-state index < -0.39 is 17.6 Å². The van der Waals surface area contributed by atoms with Crippen LogP contribution >= 0.6 is 15.9 Å². The van der Waals surface area contributed by atoms with E-state index >= 15 is 0 Å². The SMILES string of the molecule is CCC(CN)NC(=O)c1ccc(Br)c(C(F)(F)F)c1. The molecule has 0 heterocycles. The average Bonchev–Trinajstić information content (AvgIpc) is 2.34. The Hall–Kier alpha value is -1.08. The number of rotatable bonds is 4. The molecule has 7 heteroatoms. The molecule has 0 bridgehead atoms. The summed E-state index contributed by atoms with van der Waals surface area (Å²) in [5.74, 6) is -0.560. The molecule has 0 fully saturated rings. The largest absolute Gasteiger partial charge is 0.417 e. The van der Waals surface area contributed by atoms with Gasteiger partial charge in [-0.1, -0.05) is 22.9 Å². The quantitative estimate of drug-likeness (QED) is 0.886. The van der Waals surface area contributed by atoms with Gasteiger partial charge >= 0.3 is 6.18 Å². The van der Waals surface area contributed by atoms with E-state index in [0.717, 1.165) is 6.07 Å². The van der Waals surface area contributed by atoms with Crippen molar-refractivity contribution in [1.82, 2.24) is 5.32 Å². The topological polar surface area (TPSA) is 55.1 Å². The molecule has 1 atom stereocenters. The lowest BCUT2D eigenvalue weighted by molar-refractivity contribution is -0.138. The van der Waals surface area contributed by atoms with E-state index in [2.05, 4.69) is 21.2 Å². The van der Waals surface area contributed by atoms with Crippen molar-refractivity contribution in [2.75, 3.05) is 6.54 Å². The number of carbonyl (C=O) groups is 1. The fourth-order valence-corrected chi connectivity index (χ4v) is 1.95. The number of benzene rings is 1. The molecule has 0 saturated carbocycles. The molecule has 0 aliphatic carbocycles. The van der Waals surface area contributed by atoms with Gasteiger partial charge in [0.25, 0.3) is 5.91 Å². The van der Waals surface area contributed by atoms with Crippen molar-refractivity contribution in [2.24, 2.45) is 5.73 Å². The van der Waals surface area contributed by atoms with E-state index in [4.69, 9.17) is 5.73 Å². The minimum atomic E-state index is -4.51. The van der Waals surface area contributed by atoms with Crippen molar-refractivity contribution in [2.45, 2.75) is 25.6 Å². The summed E-state index contributed by atoms with van der Waals surface area (Å²) >= 11 is 2.82. The summed E-state index contributed by atoms with van der Waals surface area (Å²) in [7, 11) is 0. The Morgan fingerprint density at radius 2 is 2.11 bits per heavy atom. The predicted molar refractivity (Wildman–Crippen MR) is 69.7 cm³/mol. The minimum Gasteiger partial charge on any atom is -0.348 e. The van der Waals surface area contributed by atoms with Crippen molar-refractivity contribution in [3.8, 4) is 0 Å². The third kappa shape index (κ3) is 4.21. The second-order valence-electron chi connectivity index (χ2n) is 4.01. The zero-order valence-corrected chi connectivity index (χ0v) is 11.8. The molecule has 0 aromatic heterocycles. The van der Waals surface area contributed by atoms with Gasteiger partial charge in [-0.25, -0.2) is 0 Å². The van der Waals surface area contributed by atoms with Gasteiger partial charge in [0.1, 0.15) is 0 Å². The van der Waals surface area contributed by atoms with Crippen molar-refractivity contribution in [1.29, 1.82) is 0 Å². The van der Waals surface area contributed by atoms with Crippen LogP contribution in [0.15, 0.2) is 22.7 Å². The number of nitrogens with one attached hydrogen (secondary N) is 1. The zero-order chi connectivity index (χ0) is 14.6. The second-order valence-corrected chi connectivity index (χ2v) is 4.86. The van der Waals surface area contributed by atoms with Gasteiger partial charge in [0, 0.05) is 22.6 Å². The highest BCUT2D eigenvalue weighted by Gasteiger charge is 2.33. The fourth-order valence-electron chi connectivity index (χ4n) is 1.48. The summed E-state index contributed by atoms with van der Waals surface area (Å²) in [5, 5.41) is 2.58. The van der Waals surface area contributed by atoms with Gasteiger partial charge in [-0.2, -0.15) is 13.2 Å².